The second-order valence-electron chi connectivity index (χ2n) is 5.81. The number of hydrogen-bond acceptors (Lipinski definition) is 7. The first-order chi connectivity index (χ1) is 12.6. The first kappa shape index (κ1) is 17.7. The molecule has 8 nitrogen and oxygen atoms in total. The van der Waals surface area contributed by atoms with Crippen LogP contribution in [0, 0.1) is 6.92 Å². The summed E-state index contributed by atoms with van der Waals surface area (Å²) in [4.78, 5) is 11.9. The first-order valence-electron chi connectivity index (χ1n) is 8.10. The van der Waals surface area contributed by atoms with Crippen LogP contribution in [0.5, 0.6) is 5.88 Å². The molecule has 1 amide bonds. The fourth-order valence-electron chi connectivity index (χ4n) is 2.30. The Morgan fingerprint density at radius 3 is 2.77 bits per heavy atom. The highest BCUT2D eigenvalue weighted by atomic mass is 16.5. The van der Waals surface area contributed by atoms with E-state index in [9.17, 15) is 4.79 Å². The first-order valence-corrected chi connectivity index (χ1v) is 8.10. The Balaban J connectivity index is 1.69. The van der Waals surface area contributed by atoms with Gasteiger partial charge in [-0.05, 0) is 19.0 Å². The molecule has 26 heavy (non-hydrogen) atoms. The summed E-state index contributed by atoms with van der Waals surface area (Å²) in [5.41, 5.74) is 2.40. The molecule has 0 aliphatic rings. The van der Waals surface area contributed by atoms with Crippen LogP contribution in [0.3, 0.4) is 0 Å². The van der Waals surface area contributed by atoms with E-state index in [0.717, 1.165) is 11.1 Å². The zero-order valence-corrected chi connectivity index (χ0v) is 14.4. The van der Waals surface area contributed by atoms with Gasteiger partial charge in [-0.15, -0.1) is 0 Å². The molecule has 3 rings (SSSR count). The van der Waals surface area contributed by atoms with Crippen molar-refractivity contribution in [3.63, 3.8) is 0 Å². The van der Waals surface area contributed by atoms with E-state index in [0.29, 0.717) is 11.5 Å². The highest BCUT2D eigenvalue weighted by Gasteiger charge is 2.18. The molecule has 2 aromatic heterocycles. The number of aliphatic hydroxyl groups is 1. The fourth-order valence-corrected chi connectivity index (χ4v) is 2.30. The molecule has 8 heteroatoms. The second-order valence-corrected chi connectivity index (χ2v) is 5.81. The van der Waals surface area contributed by atoms with Gasteiger partial charge in [-0.2, -0.15) is 0 Å². The van der Waals surface area contributed by atoms with Crippen molar-refractivity contribution in [3.05, 3.63) is 53.5 Å². The number of ether oxygens (including phenoxy) is 1. The average Bonchev–Trinajstić information content (AvgIpc) is 3.27. The number of amides is 1. The zero-order valence-electron chi connectivity index (χ0n) is 14.4. The van der Waals surface area contributed by atoms with E-state index in [2.05, 4.69) is 15.6 Å². The topological polar surface area (TPSA) is 111 Å². The number of nitrogens with zero attached hydrogens (tertiary/aromatic N) is 2. The summed E-state index contributed by atoms with van der Waals surface area (Å²) in [5.74, 6) is 0.346. The Kier molecular flexibility index (Phi) is 5.33. The van der Waals surface area contributed by atoms with Crippen molar-refractivity contribution in [3.8, 4) is 17.1 Å². The quantitative estimate of drug-likeness (QED) is 0.667. The second kappa shape index (κ2) is 7.83. The lowest BCUT2D eigenvalue weighted by Gasteiger charge is -2.07. The molecule has 3 aromatic rings. The number of hydrogen-bond donors (Lipinski definition) is 2. The van der Waals surface area contributed by atoms with Crippen LogP contribution in [0.1, 0.15) is 28.8 Å². The van der Waals surface area contributed by atoms with Gasteiger partial charge in [0.25, 0.3) is 11.8 Å². The molecule has 2 heterocycles. The van der Waals surface area contributed by atoms with Crippen LogP contribution < -0.4 is 10.1 Å². The third-order valence-corrected chi connectivity index (χ3v) is 3.76. The SMILES string of the molecule is Cc1onc(-c2ccccc2)c1COc1cc(C(=O)N[C@H](C)CO)on1. The normalized spacial score (nSPS) is 12.0. The van der Waals surface area contributed by atoms with Crippen molar-refractivity contribution < 1.29 is 23.7 Å². The van der Waals surface area contributed by atoms with E-state index in [-0.39, 0.29) is 30.9 Å². The van der Waals surface area contributed by atoms with E-state index in [1.165, 1.54) is 6.07 Å². The number of rotatable bonds is 7. The van der Waals surface area contributed by atoms with Gasteiger partial charge in [0.05, 0.1) is 18.2 Å². The minimum atomic E-state index is -0.472. The van der Waals surface area contributed by atoms with Crippen LogP contribution in [0.2, 0.25) is 0 Å². The maximum absolute atomic E-state index is 11.9. The summed E-state index contributed by atoms with van der Waals surface area (Å²) in [5, 5.41) is 19.4. The Morgan fingerprint density at radius 1 is 1.27 bits per heavy atom. The van der Waals surface area contributed by atoms with E-state index < -0.39 is 5.91 Å². The number of aryl methyl sites for hydroxylation is 1. The van der Waals surface area contributed by atoms with Gasteiger partial charge in [-0.3, -0.25) is 4.79 Å². The molecule has 0 fully saturated rings. The Labute approximate surface area is 149 Å². The van der Waals surface area contributed by atoms with Crippen molar-refractivity contribution >= 4 is 5.91 Å². The summed E-state index contributed by atoms with van der Waals surface area (Å²) < 4.78 is 15.9. The van der Waals surface area contributed by atoms with Crippen LogP contribution >= 0.6 is 0 Å². The van der Waals surface area contributed by atoms with Gasteiger partial charge < -0.3 is 24.2 Å². The standard InChI is InChI=1S/C18H19N3O5/c1-11(9-22)19-18(23)15-8-16(20-26-15)24-10-14-12(2)25-21-17(14)13-6-4-3-5-7-13/h3-8,11,22H,9-10H2,1-2H3,(H,19,23)/t11-/m1/s1. The molecular weight excluding hydrogens is 338 g/mol. The van der Waals surface area contributed by atoms with Crippen molar-refractivity contribution in [1.82, 2.24) is 15.6 Å². The molecule has 0 bridgehead atoms. The maximum Gasteiger partial charge on any atom is 0.290 e. The smallest absolute Gasteiger partial charge is 0.290 e. The van der Waals surface area contributed by atoms with Crippen molar-refractivity contribution in [2.75, 3.05) is 6.61 Å². The van der Waals surface area contributed by atoms with Crippen LogP contribution in [0.25, 0.3) is 11.3 Å². The summed E-state index contributed by atoms with van der Waals surface area (Å²) in [6.07, 6.45) is 0. The lowest BCUT2D eigenvalue weighted by molar-refractivity contribution is 0.0884. The lowest BCUT2D eigenvalue weighted by Crippen LogP contribution is -2.34. The molecular formula is C18H19N3O5. The molecule has 136 valence electrons. The number of nitrogens with one attached hydrogen (secondary N) is 1. The third kappa shape index (κ3) is 3.92. The molecule has 0 saturated carbocycles. The number of benzene rings is 1. The zero-order chi connectivity index (χ0) is 18.5. The molecule has 2 N–H and O–H groups in total. The van der Waals surface area contributed by atoms with Crippen LogP contribution in [0.15, 0.2) is 45.4 Å². The van der Waals surface area contributed by atoms with Crippen LogP contribution in [-0.2, 0) is 6.61 Å². The molecule has 0 spiro atoms. The van der Waals surface area contributed by atoms with Crippen molar-refractivity contribution in [2.24, 2.45) is 0 Å². The molecule has 0 aliphatic carbocycles. The molecule has 1 atom stereocenters. The van der Waals surface area contributed by atoms with E-state index in [1.807, 2.05) is 30.3 Å². The minimum Gasteiger partial charge on any atom is -0.470 e. The molecule has 0 unspecified atom stereocenters. The van der Waals surface area contributed by atoms with Gasteiger partial charge in [-0.25, -0.2) is 0 Å². The fraction of sp³-hybridized carbons (Fsp3) is 0.278. The van der Waals surface area contributed by atoms with Gasteiger partial charge in [-0.1, -0.05) is 35.5 Å². The summed E-state index contributed by atoms with van der Waals surface area (Å²) in [6, 6.07) is 10.6. The lowest BCUT2D eigenvalue weighted by atomic mass is 10.1. The van der Waals surface area contributed by atoms with Gasteiger partial charge >= 0.3 is 0 Å². The van der Waals surface area contributed by atoms with Crippen molar-refractivity contribution in [1.29, 1.82) is 0 Å². The number of carbonyl (C=O) groups is 1. The largest absolute Gasteiger partial charge is 0.470 e. The van der Waals surface area contributed by atoms with E-state index in [1.54, 1.807) is 13.8 Å². The van der Waals surface area contributed by atoms with Gasteiger partial charge in [0.2, 0.25) is 5.76 Å². The highest BCUT2D eigenvalue weighted by molar-refractivity contribution is 5.91. The number of aromatic nitrogens is 2. The number of aliphatic hydroxyl groups excluding tert-OH is 1. The molecule has 0 aliphatic heterocycles. The van der Waals surface area contributed by atoms with E-state index in [4.69, 9.17) is 18.9 Å². The Hall–Kier alpha value is -3.13. The summed E-state index contributed by atoms with van der Waals surface area (Å²) >= 11 is 0. The Bertz CT molecular complexity index is 872. The van der Waals surface area contributed by atoms with Gasteiger partial charge in [0.1, 0.15) is 18.1 Å². The highest BCUT2D eigenvalue weighted by Crippen LogP contribution is 2.26. The number of carbonyl (C=O) groups excluding carboxylic acids is 1. The van der Waals surface area contributed by atoms with Crippen LogP contribution in [-0.4, -0.2) is 34.0 Å². The minimum absolute atomic E-state index is 0.00521. The average molecular weight is 357 g/mol. The van der Waals surface area contributed by atoms with E-state index >= 15 is 0 Å². The monoisotopic (exact) mass is 357 g/mol. The molecule has 1 aromatic carbocycles. The predicted octanol–water partition coefficient (Wildman–Crippen LogP) is 2.33. The third-order valence-electron chi connectivity index (χ3n) is 3.76. The van der Waals surface area contributed by atoms with Gasteiger partial charge in [0.15, 0.2) is 0 Å². The Morgan fingerprint density at radius 2 is 2.04 bits per heavy atom. The predicted molar refractivity (Wildman–Crippen MR) is 91.5 cm³/mol. The molecule has 0 saturated heterocycles. The molecule has 0 radical (unpaired) electrons. The summed E-state index contributed by atoms with van der Waals surface area (Å²) in [7, 11) is 0. The van der Waals surface area contributed by atoms with Gasteiger partial charge in [0, 0.05) is 11.6 Å². The van der Waals surface area contributed by atoms with Crippen LogP contribution in [0.4, 0.5) is 0 Å². The maximum atomic E-state index is 11.9. The van der Waals surface area contributed by atoms with Crippen molar-refractivity contribution in [2.45, 2.75) is 26.5 Å². The summed E-state index contributed by atoms with van der Waals surface area (Å²) in [6.45, 7) is 3.47.